The Morgan fingerprint density at radius 1 is 1.39 bits per heavy atom. The molecule has 0 saturated heterocycles. The molecule has 1 aliphatic heterocycles. The van der Waals surface area contributed by atoms with E-state index >= 15 is 0 Å². The zero-order valence-corrected chi connectivity index (χ0v) is 13.9. The van der Waals surface area contributed by atoms with Gasteiger partial charge in [0.25, 0.3) is 0 Å². The van der Waals surface area contributed by atoms with Gasteiger partial charge in [-0.1, -0.05) is 0 Å². The Morgan fingerprint density at radius 3 is 2.83 bits per heavy atom. The lowest BCUT2D eigenvalue weighted by atomic mass is 10.1. The lowest BCUT2D eigenvalue weighted by Crippen LogP contribution is -2.33. The summed E-state index contributed by atoms with van der Waals surface area (Å²) in [6, 6.07) is 8.60. The summed E-state index contributed by atoms with van der Waals surface area (Å²) in [5.41, 5.74) is 2.48. The topological polar surface area (TPSA) is 82.3 Å². The van der Waals surface area contributed by atoms with Gasteiger partial charge in [0.1, 0.15) is 0 Å². The van der Waals surface area contributed by atoms with Gasteiger partial charge in [0, 0.05) is 30.5 Å². The highest BCUT2D eigenvalue weighted by atomic mass is 32.2. The number of carbonyl (C=O) groups excluding carboxylic acids is 1. The van der Waals surface area contributed by atoms with Gasteiger partial charge >= 0.3 is 0 Å². The first-order valence-corrected chi connectivity index (χ1v) is 8.91. The van der Waals surface area contributed by atoms with Gasteiger partial charge in [-0.15, -0.1) is 0 Å². The van der Waals surface area contributed by atoms with Crippen LogP contribution >= 0.6 is 0 Å². The quantitative estimate of drug-likeness (QED) is 0.895. The molecule has 0 fully saturated rings. The fourth-order valence-corrected chi connectivity index (χ4v) is 4.04. The first-order valence-electron chi connectivity index (χ1n) is 7.43. The average molecular weight is 333 g/mol. The van der Waals surface area contributed by atoms with Gasteiger partial charge in [-0.05, 0) is 49.2 Å². The molecule has 0 saturated carbocycles. The van der Waals surface area contributed by atoms with Gasteiger partial charge in [0.2, 0.25) is 15.9 Å². The molecule has 0 unspecified atom stereocenters. The second kappa shape index (κ2) is 5.82. The van der Waals surface area contributed by atoms with E-state index in [1.165, 1.54) is 6.92 Å². The molecule has 0 aliphatic carbocycles. The summed E-state index contributed by atoms with van der Waals surface area (Å²) >= 11 is 0. The maximum absolute atomic E-state index is 12.4. The van der Waals surface area contributed by atoms with Crippen LogP contribution in [0.25, 0.3) is 0 Å². The Hall–Kier alpha value is -2.12. The van der Waals surface area contributed by atoms with Gasteiger partial charge in [0.15, 0.2) is 0 Å². The van der Waals surface area contributed by atoms with E-state index in [0.29, 0.717) is 6.42 Å². The minimum atomic E-state index is -3.59. The van der Waals surface area contributed by atoms with Gasteiger partial charge in [-0.2, -0.15) is 0 Å². The molecule has 1 atom stereocenters. The predicted molar refractivity (Wildman–Crippen MR) is 87.6 cm³/mol. The first-order chi connectivity index (χ1) is 10.9. The van der Waals surface area contributed by atoms with E-state index in [1.54, 1.807) is 29.3 Å². The third-order valence-corrected chi connectivity index (χ3v) is 5.43. The molecular weight excluding hydrogens is 314 g/mol. The van der Waals surface area contributed by atoms with Gasteiger partial charge in [-0.3, -0.25) is 4.79 Å². The molecule has 2 aromatic rings. The molecule has 0 spiro atoms. The van der Waals surface area contributed by atoms with E-state index in [1.807, 2.05) is 19.1 Å². The molecule has 1 amide bonds. The molecule has 0 bridgehead atoms. The summed E-state index contributed by atoms with van der Waals surface area (Å²) in [6.07, 6.45) is 2.41. The number of hydrogen-bond acceptors (Lipinski definition) is 3. The third-order valence-electron chi connectivity index (χ3n) is 4.03. The fourth-order valence-electron chi connectivity index (χ4n) is 2.99. The van der Waals surface area contributed by atoms with Crippen LogP contribution in [0.3, 0.4) is 0 Å². The number of fused-ring (bicyclic) bond motifs is 1. The Kier molecular flexibility index (Phi) is 3.99. The molecule has 6 nitrogen and oxygen atoms in total. The summed E-state index contributed by atoms with van der Waals surface area (Å²) in [5, 5.41) is 0. The normalized spacial score (nSPS) is 17.3. The standard InChI is InChI=1S/C16H19N3O3S/c1-11-8-13-9-15(5-6-16(13)19(11)12(2)20)23(21,22)18-10-14-4-3-7-17-14/h3-7,9,11,17-18H,8,10H2,1-2H3/t11-/m1/s1. The summed E-state index contributed by atoms with van der Waals surface area (Å²) in [4.78, 5) is 16.6. The minimum absolute atomic E-state index is 0.0308. The van der Waals surface area contributed by atoms with Gasteiger partial charge in [0.05, 0.1) is 11.4 Å². The van der Waals surface area contributed by atoms with Gasteiger partial charge < -0.3 is 9.88 Å². The van der Waals surface area contributed by atoms with E-state index in [2.05, 4.69) is 9.71 Å². The Bertz CT molecular complexity index is 828. The number of benzene rings is 1. The van der Waals surface area contributed by atoms with E-state index in [9.17, 15) is 13.2 Å². The number of rotatable bonds is 4. The van der Waals surface area contributed by atoms with Crippen molar-refractivity contribution in [2.45, 2.75) is 37.8 Å². The monoisotopic (exact) mass is 333 g/mol. The first kappa shape index (κ1) is 15.8. The molecule has 1 aromatic carbocycles. The highest BCUT2D eigenvalue weighted by Gasteiger charge is 2.30. The van der Waals surface area contributed by atoms with Crippen molar-refractivity contribution in [2.75, 3.05) is 4.90 Å². The van der Waals surface area contributed by atoms with Crippen LogP contribution in [0, 0.1) is 0 Å². The molecule has 0 radical (unpaired) electrons. The number of sulfonamides is 1. The van der Waals surface area contributed by atoms with Crippen LogP contribution in [0.1, 0.15) is 25.1 Å². The molecule has 23 heavy (non-hydrogen) atoms. The minimum Gasteiger partial charge on any atom is -0.364 e. The van der Waals surface area contributed by atoms with Crippen molar-refractivity contribution in [3.8, 4) is 0 Å². The zero-order valence-electron chi connectivity index (χ0n) is 13.0. The number of aromatic amines is 1. The van der Waals surface area contributed by atoms with Crippen molar-refractivity contribution >= 4 is 21.6 Å². The van der Waals surface area contributed by atoms with Crippen LogP contribution in [0.5, 0.6) is 0 Å². The second-order valence-corrected chi connectivity index (χ2v) is 7.52. The Morgan fingerprint density at radius 2 is 2.17 bits per heavy atom. The number of anilines is 1. The van der Waals surface area contributed by atoms with Crippen LogP contribution in [0.2, 0.25) is 0 Å². The maximum atomic E-state index is 12.4. The number of aromatic nitrogens is 1. The van der Waals surface area contributed by atoms with Gasteiger partial charge in [-0.25, -0.2) is 13.1 Å². The van der Waals surface area contributed by atoms with E-state index in [4.69, 9.17) is 0 Å². The molecule has 2 N–H and O–H groups in total. The SMILES string of the molecule is CC(=O)N1c2ccc(S(=O)(=O)NCc3ccc[nH]3)cc2C[C@H]1C. The molecule has 2 heterocycles. The van der Waals surface area contributed by atoms with Crippen LogP contribution in [-0.4, -0.2) is 25.4 Å². The molecule has 7 heteroatoms. The van der Waals surface area contributed by atoms with Crippen LogP contribution in [0.4, 0.5) is 5.69 Å². The lowest BCUT2D eigenvalue weighted by molar-refractivity contribution is -0.116. The predicted octanol–water partition coefficient (Wildman–Crippen LogP) is 1.79. The van der Waals surface area contributed by atoms with Crippen molar-refractivity contribution in [2.24, 2.45) is 0 Å². The van der Waals surface area contributed by atoms with Crippen LogP contribution in [-0.2, 0) is 27.8 Å². The van der Waals surface area contributed by atoms with E-state index in [0.717, 1.165) is 16.9 Å². The smallest absolute Gasteiger partial charge is 0.240 e. The van der Waals surface area contributed by atoms with Crippen molar-refractivity contribution < 1.29 is 13.2 Å². The summed E-state index contributed by atoms with van der Waals surface area (Å²) in [7, 11) is -3.59. The highest BCUT2D eigenvalue weighted by Crippen LogP contribution is 2.33. The fraction of sp³-hybridized carbons (Fsp3) is 0.312. The largest absolute Gasteiger partial charge is 0.364 e. The Labute approximate surface area is 135 Å². The number of carbonyl (C=O) groups is 1. The number of nitrogens with one attached hydrogen (secondary N) is 2. The van der Waals surface area contributed by atoms with E-state index in [-0.39, 0.29) is 23.4 Å². The van der Waals surface area contributed by atoms with Crippen molar-refractivity contribution in [1.29, 1.82) is 0 Å². The maximum Gasteiger partial charge on any atom is 0.240 e. The second-order valence-electron chi connectivity index (χ2n) is 5.75. The summed E-state index contributed by atoms with van der Waals surface area (Å²) in [6.45, 7) is 3.69. The van der Waals surface area contributed by atoms with E-state index < -0.39 is 10.0 Å². The van der Waals surface area contributed by atoms with Crippen LogP contribution < -0.4 is 9.62 Å². The average Bonchev–Trinajstić information content (AvgIpc) is 3.10. The number of nitrogens with zero attached hydrogens (tertiary/aromatic N) is 1. The third kappa shape index (κ3) is 3.02. The highest BCUT2D eigenvalue weighted by molar-refractivity contribution is 7.89. The number of amides is 1. The number of hydrogen-bond donors (Lipinski definition) is 2. The zero-order chi connectivity index (χ0) is 16.6. The number of H-pyrrole nitrogens is 1. The molecule has 122 valence electrons. The van der Waals surface area contributed by atoms with Crippen molar-refractivity contribution in [3.05, 3.63) is 47.8 Å². The molecule has 1 aromatic heterocycles. The molecule has 1 aliphatic rings. The molecular formula is C16H19N3O3S. The molecule has 3 rings (SSSR count). The van der Waals surface area contributed by atoms with Crippen molar-refractivity contribution in [3.63, 3.8) is 0 Å². The van der Waals surface area contributed by atoms with Crippen molar-refractivity contribution in [1.82, 2.24) is 9.71 Å². The lowest BCUT2D eigenvalue weighted by Gasteiger charge is -2.20. The summed E-state index contributed by atoms with van der Waals surface area (Å²) in [5.74, 6) is -0.0308. The Balaban J connectivity index is 1.84. The summed E-state index contributed by atoms with van der Waals surface area (Å²) < 4.78 is 27.4. The van der Waals surface area contributed by atoms with Crippen LogP contribution in [0.15, 0.2) is 41.4 Å².